The number of fused-ring (bicyclic) bond motifs is 7. The molecule has 0 saturated carbocycles. The fourth-order valence-electron chi connectivity index (χ4n) is 6.75. The van der Waals surface area contributed by atoms with Gasteiger partial charge in [0.15, 0.2) is 11.6 Å². The second-order valence-electron chi connectivity index (χ2n) is 11.6. The van der Waals surface area contributed by atoms with E-state index >= 15 is 0 Å². The van der Waals surface area contributed by atoms with E-state index in [0.717, 1.165) is 43.9 Å². The smallest absolute Gasteiger partial charge is 0.238 e. The summed E-state index contributed by atoms with van der Waals surface area (Å²) in [5.74, 6) is 1.30. The van der Waals surface area contributed by atoms with Crippen molar-refractivity contribution >= 4 is 43.6 Å². The molecule has 3 aromatic heterocycles. The second kappa shape index (κ2) is 10.8. The van der Waals surface area contributed by atoms with Crippen LogP contribution in [0, 0.1) is 22.7 Å². The minimum Gasteiger partial charge on any atom is -0.309 e. The van der Waals surface area contributed by atoms with Gasteiger partial charge in [-0.15, -0.1) is 0 Å². The number of benzene rings is 6. The molecule has 222 valence electrons. The van der Waals surface area contributed by atoms with E-state index in [0.29, 0.717) is 39.9 Å². The number of hydrogen-bond acceptors (Lipinski definition) is 5. The van der Waals surface area contributed by atoms with Gasteiger partial charge < -0.3 is 4.57 Å². The number of nitriles is 2. The Kier molecular flexibility index (Phi) is 6.11. The summed E-state index contributed by atoms with van der Waals surface area (Å²) in [4.78, 5) is 15.0. The van der Waals surface area contributed by atoms with Gasteiger partial charge in [-0.3, -0.25) is 4.57 Å². The van der Waals surface area contributed by atoms with Crippen LogP contribution in [0.1, 0.15) is 11.1 Å². The summed E-state index contributed by atoms with van der Waals surface area (Å²) < 4.78 is 4.43. The number of rotatable bonds is 4. The monoisotopic (exact) mass is 613 g/mol. The first-order valence-corrected chi connectivity index (χ1v) is 15.5. The minimum absolute atomic E-state index is 0.430. The molecule has 6 aromatic carbocycles. The molecule has 3 heterocycles. The maximum atomic E-state index is 9.64. The van der Waals surface area contributed by atoms with Crippen LogP contribution in [0.25, 0.3) is 78.0 Å². The highest BCUT2D eigenvalue weighted by atomic mass is 15.2. The highest BCUT2D eigenvalue weighted by molar-refractivity contribution is 6.26. The predicted molar refractivity (Wildman–Crippen MR) is 189 cm³/mol. The molecule has 7 nitrogen and oxygen atoms in total. The van der Waals surface area contributed by atoms with Crippen LogP contribution in [-0.2, 0) is 0 Å². The van der Waals surface area contributed by atoms with Crippen LogP contribution in [0.3, 0.4) is 0 Å². The fraction of sp³-hybridized carbons (Fsp3) is 0. The molecule has 9 aromatic rings. The summed E-state index contributed by atoms with van der Waals surface area (Å²) in [6.07, 6.45) is 0. The Morgan fingerprint density at radius 2 is 1.04 bits per heavy atom. The van der Waals surface area contributed by atoms with Crippen LogP contribution in [0.15, 0.2) is 140 Å². The maximum absolute atomic E-state index is 9.64. The molecule has 0 saturated heterocycles. The Bertz CT molecular complexity index is 2740. The molecular weight excluding hydrogens is 591 g/mol. The standard InChI is InChI=1S/C41H23N7/c42-24-26-10-8-12-28(22-26)39-44-40(29-13-9-11-27(23-29)25-43)46-41(45-39)48-35-19-7-5-17-33(35)37-36(48)21-20-32-31-16-4-6-18-34(31)47(38(32)37)30-14-2-1-3-15-30/h1-23H. The third kappa shape index (κ3) is 4.16. The first-order chi connectivity index (χ1) is 23.7. The molecule has 48 heavy (non-hydrogen) atoms. The van der Waals surface area contributed by atoms with Gasteiger partial charge in [0.25, 0.3) is 0 Å². The Hall–Kier alpha value is -7.09. The zero-order chi connectivity index (χ0) is 32.2. The fourth-order valence-corrected chi connectivity index (χ4v) is 6.75. The van der Waals surface area contributed by atoms with Crippen molar-refractivity contribution in [3.63, 3.8) is 0 Å². The lowest BCUT2D eigenvalue weighted by Crippen LogP contribution is -2.06. The largest absolute Gasteiger partial charge is 0.309 e. The molecule has 9 rings (SSSR count). The van der Waals surface area contributed by atoms with Crippen molar-refractivity contribution in [1.82, 2.24) is 24.1 Å². The van der Waals surface area contributed by atoms with Gasteiger partial charge in [-0.05, 0) is 54.6 Å². The van der Waals surface area contributed by atoms with Crippen molar-refractivity contribution in [2.24, 2.45) is 0 Å². The van der Waals surface area contributed by atoms with Gasteiger partial charge in [-0.25, -0.2) is 4.98 Å². The molecule has 0 bridgehead atoms. The Morgan fingerprint density at radius 1 is 0.458 bits per heavy atom. The van der Waals surface area contributed by atoms with Gasteiger partial charge >= 0.3 is 0 Å². The average Bonchev–Trinajstić information content (AvgIpc) is 3.68. The average molecular weight is 614 g/mol. The summed E-state index contributed by atoms with van der Waals surface area (Å²) in [6.45, 7) is 0. The van der Waals surface area contributed by atoms with Gasteiger partial charge in [0.05, 0.1) is 45.3 Å². The topological polar surface area (TPSA) is 96.1 Å². The first kappa shape index (κ1) is 27.2. The van der Waals surface area contributed by atoms with Crippen molar-refractivity contribution < 1.29 is 0 Å². The van der Waals surface area contributed by atoms with E-state index in [2.05, 4.69) is 100 Å². The number of nitrogens with zero attached hydrogens (tertiary/aromatic N) is 7. The van der Waals surface area contributed by atoms with E-state index in [1.807, 2.05) is 36.4 Å². The van der Waals surface area contributed by atoms with Crippen molar-refractivity contribution in [3.05, 3.63) is 151 Å². The van der Waals surface area contributed by atoms with Crippen molar-refractivity contribution in [3.8, 4) is 46.5 Å². The summed E-state index contributed by atoms with van der Waals surface area (Å²) in [7, 11) is 0. The quantitative estimate of drug-likeness (QED) is 0.197. The van der Waals surface area contributed by atoms with Crippen LogP contribution in [0.4, 0.5) is 0 Å². The highest BCUT2D eigenvalue weighted by Gasteiger charge is 2.22. The third-order valence-electron chi connectivity index (χ3n) is 8.81. The number of hydrogen-bond donors (Lipinski definition) is 0. The molecule has 0 radical (unpaired) electrons. The van der Waals surface area contributed by atoms with Gasteiger partial charge in [0.2, 0.25) is 5.95 Å². The first-order valence-electron chi connectivity index (χ1n) is 15.5. The lowest BCUT2D eigenvalue weighted by atomic mass is 10.1. The zero-order valence-electron chi connectivity index (χ0n) is 25.4. The third-order valence-corrected chi connectivity index (χ3v) is 8.81. The Labute approximate surface area is 274 Å². The zero-order valence-corrected chi connectivity index (χ0v) is 25.4. The van der Waals surface area contributed by atoms with E-state index in [4.69, 9.17) is 15.0 Å². The van der Waals surface area contributed by atoms with E-state index in [9.17, 15) is 10.5 Å². The van der Waals surface area contributed by atoms with E-state index in [1.165, 1.54) is 5.39 Å². The summed E-state index contributed by atoms with van der Waals surface area (Å²) in [5, 5.41) is 23.8. The molecule has 0 atom stereocenters. The predicted octanol–water partition coefficient (Wildman–Crippen LogP) is 9.14. The minimum atomic E-state index is 0.430. The lowest BCUT2D eigenvalue weighted by Gasteiger charge is -2.11. The molecule has 0 fully saturated rings. The summed E-state index contributed by atoms with van der Waals surface area (Å²) in [6, 6.07) is 50.6. The van der Waals surface area contributed by atoms with Crippen LogP contribution in [0.5, 0.6) is 0 Å². The van der Waals surface area contributed by atoms with E-state index in [1.54, 1.807) is 24.3 Å². The van der Waals surface area contributed by atoms with E-state index < -0.39 is 0 Å². The Balaban J connectivity index is 1.41. The molecular formula is C41H23N7. The maximum Gasteiger partial charge on any atom is 0.238 e. The molecule has 7 heteroatoms. The molecule has 0 N–H and O–H groups in total. The van der Waals surface area contributed by atoms with Gasteiger partial charge in [-0.1, -0.05) is 84.9 Å². The molecule has 0 amide bonds. The number of aromatic nitrogens is 5. The van der Waals surface area contributed by atoms with Crippen LogP contribution in [-0.4, -0.2) is 24.1 Å². The van der Waals surface area contributed by atoms with Crippen LogP contribution in [0.2, 0.25) is 0 Å². The molecule has 0 spiro atoms. The normalized spacial score (nSPS) is 11.3. The van der Waals surface area contributed by atoms with Crippen LogP contribution < -0.4 is 0 Å². The Morgan fingerprint density at radius 3 is 1.69 bits per heavy atom. The van der Waals surface area contributed by atoms with Gasteiger partial charge in [0.1, 0.15) is 0 Å². The summed E-state index contributed by atoms with van der Waals surface area (Å²) >= 11 is 0. The number of para-hydroxylation sites is 3. The van der Waals surface area contributed by atoms with Gasteiger partial charge in [0, 0.05) is 38.4 Å². The molecule has 0 aliphatic carbocycles. The SMILES string of the molecule is N#Cc1cccc(-c2nc(-c3cccc(C#N)c3)nc(-n3c4ccccc4c4c3ccc3c5ccccc5n(-c5ccccc5)c34)n2)c1. The second-order valence-corrected chi connectivity index (χ2v) is 11.6. The molecule has 0 aliphatic rings. The lowest BCUT2D eigenvalue weighted by molar-refractivity contribution is 0.953. The van der Waals surface area contributed by atoms with Crippen LogP contribution >= 0.6 is 0 Å². The van der Waals surface area contributed by atoms with Crippen molar-refractivity contribution in [2.45, 2.75) is 0 Å². The van der Waals surface area contributed by atoms with Gasteiger partial charge in [-0.2, -0.15) is 20.5 Å². The summed E-state index contributed by atoms with van der Waals surface area (Å²) in [5.41, 5.74) is 7.62. The molecule has 0 unspecified atom stereocenters. The highest BCUT2D eigenvalue weighted by Crippen LogP contribution is 2.41. The van der Waals surface area contributed by atoms with Crippen molar-refractivity contribution in [2.75, 3.05) is 0 Å². The van der Waals surface area contributed by atoms with Crippen molar-refractivity contribution in [1.29, 1.82) is 10.5 Å². The molecule has 0 aliphatic heterocycles. The van der Waals surface area contributed by atoms with E-state index in [-0.39, 0.29) is 0 Å².